The Balaban J connectivity index is 1.42. The van der Waals surface area contributed by atoms with E-state index in [-0.39, 0.29) is 31.6 Å². The molecule has 0 saturated carbocycles. The van der Waals surface area contributed by atoms with Crippen molar-refractivity contribution < 1.29 is 33.3 Å². The first-order valence-corrected chi connectivity index (χ1v) is 15.4. The summed E-state index contributed by atoms with van der Waals surface area (Å²) in [5, 5.41) is 10.2. The minimum Gasteiger partial charge on any atom is -0.491 e. The van der Waals surface area contributed by atoms with E-state index in [0.717, 1.165) is 33.4 Å². The van der Waals surface area contributed by atoms with Gasteiger partial charge in [0.1, 0.15) is 24.1 Å². The van der Waals surface area contributed by atoms with Crippen molar-refractivity contribution in [2.24, 2.45) is 0 Å². The molecule has 1 aliphatic heterocycles. The normalized spacial score (nSPS) is 15.5. The summed E-state index contributed by atoms with van der Waals surface area (Å²) in [5.41, 5.74) is 0.938. The van der Waals surface area contributed by atoms with Gasteiger partial charge in [0, 0.05) is 22.5 Å². The van der Waals surface area contributed by atoms with Crippen LogP contribution in [0.25, 0.3) is 10.1 Å². The Morgan fingerprint density at radius 3 is 2.51 bits per heavy atom. The van der Waals surface area contributed by atoms with Crippen molar-refractivity contribution in [3.05, 3.63) is 64.5 Å². The van der Waals surface area contributed by atoms with Crippen LogP contribution in [0.1, 0.15) is 75.5 Å². The van der Waals surface area contributed by atoms with E-state index in [0.29, 0.717) is 30.9 Å². The number of carbonyl (C=O) groups is 3. The lowest BCUT2D eigenvalue weighted by atomic mass is 10.1. The molecule has 3 aromatic rings. The van der Waals surface area contributed by atoms with Gasteiger partial charge in [-0.15, -0.1) is 11.3 Å². The number of amides is 1. The number of fused-ring (bicyclic) bond motifs is 1. The van der Waals surface area contributed by atoms with Crippen molar-refractivity contribution in [2.45, 2.75) is 77.5 Å². The predicted molar refractivity (Wildman–Crippen MR) is 163 cm³/mol. The molecule has 2 heterocycles. The fourth-order valence-corrected chi connectivity index (χ4v) is 5.92. The van der Waals surface area contributed by atoms with Gasteiger partial charge < -0.3 is 23.8 Å². The first kappa shape index (κ1) is 31.8. The van der Waals surface area contributed by atoms with Crippen LogP contribution in [0.2, 0.25) is 0 Å². The van der Waals surface area contributed by atoms with Crippen LogP contribution in [0, 0.1) is 11.3 Å². The standard InChI is InChI=1S/C33H38N2O7S/c1-5-39-30(36)14-15-31(37)41-27(29-19-24-17-23(20-34)10-13-28(24)43-29)18-22-8-11-26(12-9-22)40-21-25-7-6-16-35(25)32(38)42-33(2,3)4/h8-13,17,19,25,27H,5-7,14-16,18,21H2,1-4H3/t25-,27?/m1/s1. The number of thiophene rings is 1. The van der Waals surface area contributed by atoms with Gasteiger partial charge in [0.25, 0.3) is 0 Å². The molecule has 0 aliphatic carbocycles. The Hall–Kier alpha value is -4.10. The minimum atomic E-state index is -0.578. The first-order valence-electron chi connectivity index (χ1n) is 14.5. The summed E-state index contributed by atoms with van der Waals surface area (Å²) < 4.78 is 23.4. The predicted octanol–water partition coefficient (Wildman–Crippen LogP) is 6.72. The van der Waals surface area contributed by atoms with Gasteiger partial charge in [-0.3, -0.25) is 9.59 Å². The molecule has 0 spiro atoms. The third-order valence-corrected chi connectivity index (χ3v) is 8.09. The summed E-state index contributed by atoms with van der Waals surface area (Å²) in [7, 11) is 0. The Labute approximate surface area is 256 Å². The average Bonchev–Trinajstić information content (AvgIpc) is 3.61. The van der Waals surface area contributed by atoms with Gasteiger partial charge in [0.05, 0.1) is 37.1 Å². The third-order valence-electron chi connectivity index (χ3n) is 6.89. The highest BCUT2D eigenvalue weighted by Gasteiger charge is 2.32. The average molecular weight is 607 g/mol. The number of rotatable bonds is 11. The summed E-state index contributed by atoms with van der Waals surface area (Å²) in [6.07, 6.45) is 1.15. The molecule has 0 radical (unpaired) electrons. The van der Waals surface area contributed by atoms with Crippen LogP contribution in [-0.2, 0) is 30.2 Å². The molecule has 1 amide bonds. The zero-order valence-electron chi connectivity index (χ0n) is 25.1. The molecule has 1 aromatic heterocycles. The summed E-state index contributed by atoms with van der Waals surface area (Å²) in [4.78, 5) is 39.7. The number of nitriles is 1. The van der Waals surface area contributed by atoms with E-state index in [2.05, 4.69) is 6.07 Å². The molecule has 4 rings (SSSR count). The van der Waals surface area contributed by atoms with Gasteiger partial charge in [0.15, 0.2) is 0 Å². The summed E-state index contributed by atoms with van der Waals surface area (Å²) >= 11 is 1.50. The van der Waals surface area contributed by atoms with Crippen molar-refractivity contribution in [3.8, 4) is 11.8 Å². The van der Waals surface area contributed by atoms with E-state index in [1.54, 1.807) is 17.9 Å². The Kier molecular flexibility index (Phi) is 10.6. The smallest absolute Gasteiger partial charge is 0.410 e. The molecule has 1 unspecified atom stereocenters. The number of likely N-dealkylation sites (tertiary alicyclic amines) is 1. The molecule has 1 aliphatic rings. The number of esters is 2. The third kappa shape index (κ3) is 9.19. The zero-order chi connectivity index (χ0) is 31.0. The van der Waals surface area contributed by atoms with Crippen molar-refractivity contribution in [3.63, 3.8) is 0 Å². The van der Waals surface area contributed by atoms with Crippen LogP contribution in [0.15, 0.2) is 48.5 Å². The second kappa shape index (κ2) is 14.4. The lowest BCUT2D eigenvalue weighted by Gasteiger charge is -2.28. The molecular formula is C33H38N2O7S. The lowest BCUT2D eigenvalue weighted by molar-refractivity contribution is -0.153. The van der Waals surface area contributed by atoms with E-state index in [4.69, 9.17) is 18.9 Å². The van der Waals surface area contributed by atoms with E-state index < -0.39 is 23.6 Å². The number of benzene rings is 2. The Bertz CT molecular complexity index is 1470. The number of carbonyl (C=O) groups excluding carboxylic acids is 3. The molecule has 9 nitrogen and oxygen atoms in total. The van der Waals surface area contributed by atoms with Crippen LogP contribution >= 0.6 is 11.3 Å². The van der Waals surface area contributed by atoms with Crippen LogP contribution in [0.3, 0.4) is 0 Å². The van der Waals surface area contributed by atoms with Gasteiger partial charge >= 0.3 is 18.0 Å². The number of ether oxygens (including phenoxy) is 4. The van der Waals surface area contributed by atoms with Crippen molar-refractivity contribution in [1.82, 2.24) is 4.90 Å². The SMILES string of the molecule is CCOC(=O)CCC(=O)OC(Cc1ccc(OC[C@H]2CCCN2C(=O)OC(C)(C)C)cc1)c1cc2cc(C#N)ccc2s1. The first-order chi connectivity index (χ1) is 20.5. The van der Waals surface area contributed by atoms with E-state index >= 15 is 0 Å². The summed E-state index contributed by atoms with van der Waals surface area (Å²) in [6.45, 7) is 8.56. The second-order valence-electron chi connectivity index (χ2n) is 11.4. The quantitative estimate of drug-likeness (QED) is 0.174. The highest BCUT2D eigenvalue weighted by molar-refractivity contribution is 7.19. The minimum absolute atomic E-state index is 0.0459. The van der Waals surface area contributed by atoms with Gasteiger partial charge in [-0.25, -0.2) is 4.79 Å². The van der Waals surface area contributed by atoms with Crippen LogP contribution in [0.5, 0.6) is 5.75 Å². The largest absolute Gasteiger partial charge is 0.491 e. The van der Waals surface area contributed by atoms with Gasteiger partial charge in [-0.1, -0.05) is 12.1 Å². The maximum Gasteiger partial charge on any atom is 0.410 e. The number of hydrogen-bond acceptors (Lipinski definition) is 9. The molecule has 1 fully saturated rings. The molecule has 2 aromatic carbocycles. The number of nitrogens with zero attached hydrogens (tertiary/aromatic N) is 2. The van der Waals surface area contributed by atoms with E-state index in [1.165, 1.54) is 11.3 Å². The van der Waals surface area contributed by atoms with Crippen molar-refractivity contribution in [1.29, 1.82) is 5.26 Å². The maximum atomic E-state index is 12.7. The van der Waals surface area contributed by atoms with Crippen molar-refractivity contribution in [2.75, 3.05) is 19.8 Å². The summed E-state index contributed by atoms with van der Waals surface area (Å²) in [5.74, 6) is -0.253. The fourth-order valence-electron chi connectivity index (χ4n) is 4.85. The second-order valence-corrected chi connectivity index (χ2v) is 12.5. The molecule has 1 saturated heterocycles. The monoisotopic (exact) mass is 606 g/mol. The molecule has 0 N–H and O–H groups in total. The molecular weight excluding hydrogens is 568 g/mol. The van der Waals surface area contributed by atoms with Crippen LogP contribution in [-0.4, -0.2) is 54.3 Å². The topological polar surface area (TPSA) is 115 Å². The molecule has 10 heteroatoms. The van der Waals surface area contributed by atoms with Gasteiger partial charge in [0.2, 0.25) is 0 Å². The van der Waals surface area contributed by atoms with Gasteiger partial charge in [-0.2, -0.15) is 5.26 Å². The van der Waals surface area contributed by atoms with E-state index in [9.17, 15) is 19.6 Å². The highest BCUT2D eigenvalue weighted by atomic mass is 32.1. The Morgan fingerprint density at radius 1 is 1.07 bits per heavy atom. The van der Waals surface area contributed by atoms with Crippen LogP contribution in [0.4, 0.5) is 4.79 Å². The molecule has 0 bridgehead atoms. The van der Waals surface area contributed by atoms with Crippen LogP contribution < -0.4 is 4.74 Å². The summed E-state index contributed by atoms with van der Waals surface area (Å²) in [6, 6.07) is 17.1. The molecule has 228 valence electrons. The fraction of sp³-hybridized carbons (Fsp3) is 0.455. The van der Waals surface area contributed by atoms with Crippen molar-refractivity contribution >= 4 is 39.5 Å². The van der Waals surface area contributed by atoms with E-state index in [1.807, 2.05) is 63.2 Å². The molecule has 2 atom stereocenters. The number of hydrogen-bond donors (Lipinski definition) is 0. The van der Waals surface area contributed by atoms with Gasteiger partial charge in [-0.05, 0) is 87.9 Å². The zero-order valence-corrected chi connectivity index (χ0v) is 25.9. The Morgan fingerprint density at radius 2 is 1.81 bits per heavy atom. The lowest BCUT2D eigenvalue weighted by Crippen LogP contribution is -2.42. The highest BCUT2D eigenvalue weighted by Crippen LogP contribution is 2.35. The maximum absolute atomic E-state index is 12.7. The molecule has 43 heavy (non-hydrogen) atoms.